The Morgan fingerprint density at radius 1 is 0.163 bits per heavy atom. The first kappa shape index (κ1) is 125. The molecular weight excluding hydrogens is 1600 g/mol. The topological polar surface area (TPSA) is 158 Å². The van der Waals surface area contributed by atoms with Gasteiger partial charge in [-0.05, 0) is 225 Å². The second-order valence-corrected chi connectivity index (χ2v) is 35.9. The van der Waals surface area contributed by atoms with Gasteiger partial charge in [-0.1, -0.05) is 406 Å². The second kappa shape index (κ2) is 110. The van der Waals surface area contributed by atoms with Gasteiger partial charge in [-0.15, -0.1) is 0 Å². The molecule has 0 aromatic heterocycles. The lowest BCUT2D eigenvalue weighted by Crippen LogP contribution is -2.30. The number of carbonyl (C=O) groups excluding carboxylic acids is 6. The standard InChI is InChI=1S/C60H104O6.C57H98O6/c1-4-7-10-13-16-19-22-25-28-29-30-33-35-38-41-44-47-50-53-59(62)65-56-57(66-60(63)54-51-48-45-42-39-36-32-27-24-21-18-15-12-9-6-3)55-64-58(61)52-49-46-43-40-37-34-31-26-23-20-17-14-11-8-5-2;1-4-7-10-13-16-19-22-25-28-31-34-37-40-43-46-49-55(58)61-52-54(63-57(60)51-48-45-42-39-36-33-30-27-24-21-18-15-12-9-6-3)53-62-56(59)50-47-44-41-38-35-32-29-26-23-20-17-14-11-8-5-2/h16,18-19,21,25-28,30-33,57H,4-15,17,20,22-24,29,34-56H2,1-3H3;7,10,16,18-19,21,25-30,54H,4-6,8-9,11-15,17,20,22-24,31-53H2,1-3H3/b19-16-,21-18-,28-25-,31-26-,32-27-,33-30-;10-7-,19-16-,21-18-,28-25-,29-26-,30-27-. The van der Waals surface area contributed by atoms with E-state index in [1.807, 2.05) is 0 Å². The molecule has 0 spiro atoms. The van der Waals surface area contributed by atoms with Gasteiger partial charge in [-0.3, -0.25) is 28.8 Å². The van der Waals surface area contributed by atoms with Crippen molar-refractivity contribution in [3.05, 3.63) is 146 Å². The number of esters is 6. The lowest BCUT2D eigenvalue weighted by molar-refractivity contribution is -0.167. The third-order valence-corrected chi connectivity index (χ3v) is 23.1. The summed E-state index contributed by atoms with van der Waals surface area (Å²) in [5.74, 6) is -1.85. The summed E-state index contributed by atoms with van der Waals surface area (Å²) in [6, 6.07) is 0. The summed E-state index contributed by atoms with van der Waals surface area (Å²) in [6.07, 6.45) is 133. The molecule has 2 unspecified atom stereocenters. The maximum atomic E-state index is 12.8. The zero-order valence-corrected chi connectivity index (χ0v) is 84.8. The van der Waals surface area contributed by atoms with Crippen LogP contribution in [0, 0.1) is 0 Å². The number of unbranched alkanes of at least 4 members (excludes halogenated alkanes) is 51. The van der Waals surface area contributed by atoms with E-state index in [0.29, 0.717) is 38.5 Å². The van der Waals surface area contributed by atoms with Crippen molar-refractivity contribution < 1.29 is 57.2 Å². The first-order valence-corrected chi connectivity index (χ1v) is 54.4. The first-order chi connectivity index (χ1) is 63.6. The van der Waals surface area contributed by atoms with Gasteiger partial charge >= 0.3 is 35.8 Å². The predicted molar refractivity (Wildman–Crippen MR) is 554 cm³/mol. The molecule has 0 aliphatic heterocycles. The van der Waals surface area contributed by atoms with Crippen molar-refractivity contribution >= 4 is 35.8 Å². The summed E-state index contributed by atoms with van der Waals surface area (Å²) < 4.78 is 33.6. The Morgan fingerprint density at radius 3 is 0.496 bits per heavy atom. The van der Waals surface area contributed by atoms with E-state index >= 15 is 0 Å². The highest BCUT2D eigenvalue weighted by atomic mass is 16.6. The highest BCUT2D eigenvalue weighted by molar-refractivity contribution is 5.72. The molecule has 0 aliphatic carbocycles. The average Bonchev–Trinajstić information content (AvgIpc) is 0.944. The fraction of sp³-hybridized carbons (Fsp3) is 0.744. The van der Waals surface area contributed by atoms with Crippen LogP contribution in [-0.2, 0) is 57.2 Å². The Bertz CT molecular complexity index is 2810. The fourth-order valence-electron chi connectivity index (χ4n) is 14.8. The van der Waals surface area contributed by atoms with Crippen LogP contribution in [0.5, 0.6) is 0 Å². The molecule has 12 heteroatoms. The minimum Gasteiger partial charge on any atom is -0.462 e. The molecule has 0 aromatic rings. The Morgan fingerprint density at radius 2 is 0.302 bits per heavy atom. The van der Waals surface area contributed by atoms with Crippen LogP contribution in [-0.4, -0.2) is 74.5 Å². The Balaban J connectivity index is 0. The number of ether oxygens (including phenoxy) is 6. The Labute approximate surface area is 795 Å². The summed E-state index contributed by atoms with van der Waals surface area (Å²) in [5.41, 5.74) is 0. The van der Waals surface area contributed by atoms with E-state index in [1.165, 1.54) is 193 Å². The molecule has 0 N–H and O–H groups in total. The second-order valence-electron chi connectivity index (χ2n) is 35.9. The smallest absolute Gasteiger partial charge is 0.306 e. The molecule has 129 heavy (non-hydrogen) atoms. The molecule has 0 rings (SSSR count). The first-order valence-electron chi connectivity index (χ1n) is 54.4. The molecule has 2 atom stereocenters. The van der Waals surface area contributed by atoms with Crippen LogP contribution in [0.15, 0.2) is 146 Å². The molecular formula is C117H202O12. The molecule has 0 saturated carbocycles. The van der Waals surface area contributed by atoms with Crippen molar-refractivity contribution in [2.45, 2.75) is 535 Å². The minimum atomic E-state index is -0.793. The third kappa shape index (κ3) is 109. The van der Waals surface area contributed by atoms with E-state index in [-0.39, 0.29) is 62.2 Å². The number of rotatable bonds is 97. The zero-order valence-electron chi connectivity index (χ0n) is 84.8. The molecule has 0 aliphatic rings. The monoisotopic (exact) mass is 1800 g/mol. The van der Waals surface area contributed by atoms with Crippen LogP contribution in [0.3, 0.4) is 0 Å². The molecule has 0 radical (unpaired) electrons. The third-order valence-electron chi connectivity index (χ3n) is 23.1. The zero-order chi connectivity index (χ0) is 93.7. The molecule has 0 bridgehead atoms. The molecule has 0 aromatic carbocycles. The number of allylic oxidation sites excluding steroid dienone is 24. The van der Waals surface area contributed by atoms with Crippen LogP contribution < -0.4 is 0 Å². The molecule has 12 nitrogen and oxygen atoms in total. The van der Waals surface area contributed by atoms with E-state index in [0.717, 1.165) is 250 Å². The van der Waals surface area contributed by atoms with Crippen molar-refractivity contribution in [2.75, 3.05) is 26.4 Å². The predicted octanol–water partition coefficient (Wildman–Crippen LogP) is 36.0. The summed E-state index contributed by atoms with van der Waals surface area (Å²) >= 11 is 0. The quantitative estimate of drug-likeness (QED) is 0.0246. The van der Waals surface area contributed by atoms with Gasteiger partial charge < -0.3 is 28.4 Å². The van der Waals surface area contributed by atoms with Gasteiger partial charge in [-0.2, -0.15) is 0 Å². The van der Waals surface area contributed by atoms with Crippen LogP contribution in [0.1, 0.15) is 523 Å². The fourth-order valence-corrected chi connectivity index (χ4v) is 14.8. The number of hydrogen-bond donors (Lipinski definition) is 0. The molecule has 0 fully saturated rings. The van der Waals surface area contributed by atoms with Gasteiger partial charge in [0, 0.05) is 38.5 Å². The maximum Gasteiger partial charge on any atom is 0.306 e. The van der Waals surface area contributed by atoms with E-state index < -0.39 is 12.2 Å². The van der Waals surface area contributed by atoms with E-state index in [1.54, 1.807) is 0 Å². The van der Waals surface area contributed by atoms with Crippen LogP contribution in [0.4, 0.5) is 0 Å². The maximum absolute atomic E-state index is 12.8. The SMILES string of the molecule is CC/C=C\C/C=C\C/C=C\CCCCCCCC(=O)OCC(COC(=O)CCCCCCC/C=C\CCCCCCCC)OC(=O)CCCCCCC/C=C\C/C=C\CCCCC.CCCCC/C=C\C/C=C\C/C=C\CCCCCCCC(=O)OCC(COC(=O)CCCCCCC/C=C\CCCCCCCC)OC(=O)CCCCCCC/C=C\C/C=C\CCCCC. The van der Waals surface area contributed by atoms with Gasteiger partial charge in [0.25, 0.3) is 0 Å². The van der Waals surface area contributed by atoms with Crippen molar-refractivity contribution in [1.29, 1.82) is 0 Å². The van der Waals surface area contributed by atoms with E-state index in [2.05, 4.69) is 187 Å². The summed E-state index contributed by atoms with van der Waals surface area (Å²) in [6.45, 7) is 13.0. The minimum absolute atomic E-state index is 0.0909. The molecule has 0 amide bonds. The van der Waals surface area contributed by atoms with Gasteiger partial charge in [0.05, 0.1) is 0 Å². The van der Waals surface area contributed by atoms with Crippen LogP contribution in [0.2, 0.25) is 0 Å². The van der Waals surface area contributed by atoms with Crippen LogP contribution >= 0.6 is 0 Å². The highest BCUT2D eigenvalue weighted by Crippen LogP contribution is 2.19. The van der Waals surface area contributed by atoms with Crippen molar-refractivity contribution in [2.24, 2.45) is 0 Å². The lowest BCUT2D eigenvalue weighted by atomic mass is 10.1. The highest BCUT2D eigenvalue weighted by Gasteiger charge is 2.22. The van der Waals surface area contributed by atoms with Gasteiger partial charge in [-0.25, -0.2) is 0 Å². The normalized spacial score (nSPS) is 12.6. The van der Waals surface area contributed by atoms with Crippen molar-refractivity contribution in [1.82, 2.24) is 0 Å². The lowest BCUT2D eigenvalue weighted by Gasteiger charge is -2.18. The molecule has 0 saturated heterocycles. The summed E-state index contributed by atoms with van der Waals surface area (Å²) in [5, 5.41) is 0. The number of carbonyl (C=O) groups is 6. The van der Waals surface area contributed by atoms with Crippen molar-refractivity contribution in [3.63, 3.8) is 0 Å². The van der Waals surface area contributed by atoms with E-state index in [9.17, 15) is 28.8 Å². The summed E-state index contributed by atoms with van der Waals surface area (Å²) in [7, 11) is 0. The molecule has 742 valence electrons. The van der Waals surface area contributed by atoms with Gasteiger partial charge in [0.2, 0.25) is 0 Å². The average molecular weight is 1800 g/mol. The molecule has 0 heterocycles. The Hall–Kier alpha value is -6.30. The van der Waals surface area contributed by atoms with Gasteiger partial charge in [0.1, 0.15) is 26.4 Å². The van der Waals surface area contributed by atoms with Crippen molar-refractivity contribution in [3.8, 4) is 0 Å². The number of hydrogen-bond acceptors (Lipinski definition) is 12. The van der Waals surface area contributed by atoms with Crippen LogP contribution in [0.25, 0.3) is 0 Å². The Kier molecular flexibility index (Phi) is 107. The largest absolute Gasteiger partial charge is 0.462 e. The van der Waals surface area contributed by atoms with Gasteiger partial charge in [0.15, 0.2) is 12.2 Å². The van der Waals surface area contributed by atoms with E-state index in [4.69, 9.17) is 28.4 Å². The summed E-state index contributed by atoms with van der Waals surface area (Å²) in [4.78, 5) is 76.1.